The number of aliphatic hydroxyl groups excluding tert-OH is 3. The van der Waals surface area contributed by atoms with Gasteiger partial charge in [0, 0.05) is 85.9 Å². The van der Waals surface area contributed by atoms with Crippen LogP contribution in [0.5, 0.6) is 5.75 Å². The van der Waals surface area contributed by atoms with Gasteiger partial charge in [-0.25, -0.2) is 63.2 Å². The number of ether oxygens (including phenoxy) is 3. The van der Waals surface area contributed by atoms with Gasteiger partial charge in [0.25, 0.3) is 0 Å². The Morgan fingerprint density at radius 3 is 1.30 bits per heavy atom. The molecule has 0 aliphatic rings. The molecule has 8 aromatic heterocycles. The van der Waals surface area contributed by atoms with Crippen LogP contribution in [0.2, 0.25) is 0 Å². The Bertz CT molecular complexity index is 4430. The molecular weight excluding hydrogens is 1450 g/mol. The smallest absolute Gasteiger partial charge is 0.357 e. The number of benzene rings is 1. The standard InChI is InChI=1S/C21H21N3O4S.C13H15N3O4S.C13H15N3O2S.C11H13N3O3S.CH3ClO2S.CH4O.2CH4.Ar.H2O2.H2O/c1-3-29(26,27)21-23-14-19(24(21)18-7-4-10-22-13-18)15-28-20-9-8-17(6-5-11-25)16(2)12-20;1-3-20-12(17)11-9-15-13(21(18,19)4-2)16(11)10-6-5-7-14-8-10;1-3-18-12(17)11-9-15-13(19-4-2)16(11)10-6-5-7-14-8-10;1-2-18(16,17)11-13-7-10(8-15)14(11)9-4-3-5-12-6-9;1-5(2,3)4;1-2;;;;1-2;/h4,7-10,12-14,25H,3,11,15H2,1-2H3;5-9H,3-4H2,1-2H3;5-9H,3-4H2,1-2H3;3-7,15H,2,8H2,1H3;1H3;2H,1H3;2*1H4;;1-2H;1H2. The first-order chi connectivity index (χ1) is 45.8. The molecular formula is C62H83ArClN12O19S5. The Hall–Kier alpha value is -7.58. The zero-order valence-corrected chi connectivity index (χ0v) is 59.9. The molecule has 9 rings (SSSR count). The van der Waals surface area contributed by atoms with Crippen LogP contribution in [0.15, 0.2) is 162 Å². The van der Waals surface area contributed by atoms with E-state index in [1.807, 2.05) is 38.1 Å². The molecule has 0 aliphatic heterocycles. The normalized spacial score (nSPS) is 10.3. The maximum atomic E-state index is 12.5. The molecule has 0 spiro atoms. The van der Waals surface area contributed by atoms with E-state index in [0.717, 1.165) is 41.1 Å². The fourth-order valence-corrected chi connectivity index (χ4v) is 11.4. The van der Waals surface area contributed by atoms with Gasteiger partial charge in [-0.05, 0) is 98.8 Å². The molecule has 550 valence electrons. The summed E-state index contributed by atoms with van der Waals surface area (Å²) >= 11 is 1.57. The van der Waals surface area contributed by atoms with Crippen molar-refractivity contribution >= 4 is 72.9 Å². The average molecular weight is 1540 g/mol. The van der Waals surface area contributed by atoms with Gasteiger partial charge in [0.05, 0.1) is 127 Å². The minimum Gasteiger partial charge on any atom is -0.487 e. The van der Waals surface area contributed by atoms with E-state index in [1.54, 1.807) is 134 Å². The van der Waals surface area contributed by atoms with Gasteiger partial charge in [-0.3, -0.25) is 48.7 Å². The van der Waals surface area contributed by atoms with Crippen molar-refractivity contribution in [2.75, 3.05) is 56.2 Å². The van der Waals surface area contributed by atoms with Crippen molar-refractivity contribution < 1.29 is 127 Å². The maximum Gasteiger partial charge on any atom is 0.357 e. The third-order valence-electron chi connectivity index (χ3n) is 11.9. The van der Waals surface area contributed by atoms with Crippen molar-refractivity contribution in [3.05, 3.63) is 175 Å². The summed E-state index contributed by atoms with van der Waals surface area (Å²) in [5.41, 5.74) is 5.60. The van der Waals surface area contributed by atoms with E-state index < -0.39 is 44.5 Å². The Labute approximate surface area is 621 Å². The summed E-state index contributed by atoms with van der Waals surface area (Å²) in [5.74, 6) is 5.77. The number of carbonyl (C=O) groups excluding carboxylic acids is 2. The summed E-state index contributed by atoms with van der Waals surface area (Å²) in [6.45, 7) is 12.2. The van der Waals surface area contributed by atoms with E-state index >= 15 is 0 Å². The number of hydrogen-bond donors (Lipinski definition) is 5. The molecule has 0 aliphatic carbocycles. The quantitative estimate of drug-likeness (QED) is 0.0129. The van der Waals surface area contributed by atoms with Crippen LogP contribution in [-0.4, -0.2) is 191 Å². The number of halogens is 1. The first kappa shape index (κ1) is 94.5. The molecule has 0 saturated carbocycles. The van der Waals surface area contributed by atoms with E-state index in [2.05, 4.69) is 62.4 Å². The van der Waals surface area contributed by atoms with Crippen molar-refractivity contribution in [3.8, 4) is 40.3 Å². The first-order valence-corrected chi connectivity index (χ1v) is 37.0. The minimum absolute atomic E-state index is 0. The molecule has 1 aromatic carbocycles. The average Bonchev–Trinajstić information content (AvgIpc) is 1.64. The molecule has 38 heteroatoms. The summed E-state index contributed by atoms with van der Waals surface area (Å²) in [6.07, 6.45) is 19.2. The fraction of sp³-hybridized carbons (Fsp3) is 0.323. The van der Waals surface area contributed by atoms with Crippen LogP contribution in [-0.2, 0) is 61.3 Å². The molecule has 0 unspecified atom stereocenters. The predicted octanol–water partition coefficient (Wildman–Crippen LogP) is 6.90. The molecule has 31 nitrogen and oxygen atoms in total. The molecule has 8 heterocycles. The summed E-state index contributed by atoms with van der Waals surface area (Å²) < 4.78 is 114. The number of aromatic nitrogens is 12. The number of carbonyl (C=O) groups is 2. The Morgan fingerprint density at radius 2 is 0.930 bits per heavy atom. The summed E-state index contributed by atoms with van der Waals surface area (Å²) in [7, 11) is -8.26. The van der Waals surface area contributed by atoms with Gasteiger partial charge >= 0.3 is 11.9 Å². The Morgan fingerprint density at radius 1 is 0.560 bits per heavy atom. The second-order valence-electron chi connectivity index (χ2n) is 18.3. The van der Waals surface area contributed by atoms with Gasteiger partial charge in [-0.2, -0.15) is 0 Å². The van der Waals surface area contributed by atoms with Crippen LogP contribution >= 0.6 is 22.4 Å². The number of esters is 2. The van der Waals surface area contributed by atoms with Crippen molar-refractivity contribution in [2.24, 2.45) is 0 Å². The van der Waals surface area contributed by atoms with E-state index in [4.69, 9.17) is 34.9 Å². The number of aryl methyl sites for hydroxylation is 1. The molecule has 0 radical (unpaired) electrons. The van der Waals surface area contributed by atoms with Crippen molar-refractivity contribution in [3.63, 3.8) is 0 Å². The number of nitrogens with zero attached hydrogens (tertiary/aromatic N) is 12. The number of pyridine rings is 4. The molecule has 0 amide bonds. The molecule has 0 fully saturated rings. The Kier molecular flexibility index (Phi) is 44.9. The monoisotopic (exact) mass is 1530 g/mol. The van der Waals surface area contributed by atoms with Crippen LogP contribution in [0.4, 0.5) is 0 Å². The molecule has 7 N–H and O–H groups in total. The Balaban J connectivity index is 0. The predicted molar refractivity (Wildman–Crippen MR) is 373 cm³/mol. The number of sulfone groups is 3. The summed E-state index contributed by atoms with van der Waals surface area (Å²) in [4.78, 5) is 56.2. The second-order valence-corrected chi connectivity index (χ2v) is 29.0. The maximum absolute atomic E-state index is 12.5. The van der Waals surface area contributed by atoms with Crippen LogP contribution < -0.4 is 4.74 Å². The number of imidazole rings is 4. The van der Waals surface area contributed by atoms with E-state index in [1.165, 1.54) is 47.0 Å². The van der Waals surface area contributed by atoms with Gasteiger partial charge in [0.1, 0.15) is 19.0 Å². The van der Waals surface area contributed by atoms with Crippen LogP contribution in [0.3, 0.4) is 0 Å². The molecule has 0 saturated heterocycles. The number of rotatable bonds is 20. The van der Waals surface area contributed by atoms with Crippen molar-refractivity contribution in [1.29, 1.82) is 0 Å². The van der Waals surface area contributed by atoms with Gasteiger partial charge < -0.3 is 35.0 Å². The van der Waals surface area contributed by atoms with E-state index in [0.29, 0.717) is 46.5 Å². The molecule has 0 atom stereocenters. The van der Waals surface area contributed by atoms with Crippen molar-refractivity contribution in [1.82, 2.24) is 58.1 Å². The van der Waals surface area contributed by atoms with Gasteiger partial charge in [-0.15, -0.1) is 0 Å². The summed E-state index contributed by atoms with van der Waals surface area (Å²) in [5, 5.41) is 37.6. The number of hydrogen-bond acceptors (Lipinski definition) is 27. The SMILES string of the molecule is C.C.CCOC(=O)c1cnc(S(=O)(=O)CC)n1-c1cccnc1.CCOC(=O)c1cnc(SCC)n1-c1cccnc1.CCS(=O)(=O)c1ncc(CO)n1-c1cccnc1.CCS(=O)(=O)c1ncc(COc2ccc(C#CCO)c(C)c2)n1-c1cccnc1.CO.CS(=O)(=O)Cl.O.OO.[Ar]. The number of thioether (sulfide) groups is 1. The third-order valence-corrected chi connectivity index (χ3v) is 17.6. The summed E-state index contributed by atoms with van der Waals surface area (Å²) in [6, 6.07) is 19.3. The van der Waals surface area contributed by atoms with E-state index in [9.17, 15) is 48.4 Å². The fourth-order valence-electron chi connectivity index (χ4n) is 7.75. The molecule has 0 bridgehead atoms. The molecule has 9 aromatic rings. The largest absolute Gasteiger partial charge is 0.487 e. The minimum atomic E-state index is -3.59. The third kappa shape index (κ3) is 28.1. The van der Waals surface area contributed by atoms with Crippen LogP contribution in [0, 0.1) is 56.5 Å². The van der Waals surface area contributed by atoms with Gasteiger partial charge in [0.15, 0.2) is 16.5 Å². The van der Waals surface area contributed by atoms with Gasteiger partial charge in [-0.1, -0.05) is 66.2 Å². The zero-order valence-electron chi connectivity index (χ0n) is 54.3. The van der Waals surface area contributed by atoms with E-state index in [-0.39, 0.29) is 129 Å². The van der Waals surface area contributed by atoms with Crippen molar-refractivity contribution in [2.45, 2.75) is 97.2 Å². The van der Waals surface area contributed by atoms with Crippen LogP contribution in [0.1, 0.15) is 99.9 Å². The van der Waals surface area contributed by atoms with Crippen LogP contribution in [0.25, 0.3) is 22.7 Å². The molecule has 100 heavy (non-hydrogen) atoms. The first-order valence-electron chi connectivity index (χ1n) is 28.4. The zero-order chi connectivity index (χ0) is 71.7. The number of aliphatic hydroxyl groups is 3. The van der Waals surface area contributed by atoms with Gasteiger partial charge in [0.2, 0.25) is 54.0 Å². The second kappa shape index (κ2) is 47.5. The topological polar surface area (TPSA) is 454 Å².